The third-order valence-corrected chi connectivity index (χ3v) is 5.40. The van der Waals surface area contributed by atoms with Gasteiger partial charge >= 0.3 is 0 Å². The van der Waals surface area contributed by atoms with Crippen molar-refractivity contribution >= 4 is 0 Å². The normalized spacial score (nSPS) is 64.4. The minimum Gasteiger partial charge on any atom is -0.389 e. The highest BCUT2D eigenvalue weighted by Crippen LogP contribution is 2.64. The van der Waals surface area contributed by atoms with E-state index in [0.717, 1.165) is 11.8 Å². The van der Waals surface area contributed by atoms with Gasteiger partial charge in [-0.2, -0.15) is 0 Å². The number of aliphatic hydroxyl groups is 1. The van der Waals surface area contributed by atoms with E-state index in [1.165, 1.54) is 32.1 Å². The summed E-state index contributed by atoms with van der Waals surface area (Å²) in [7, 11) is 0. The second kappa shape index (κ2) is 2.13. The smallest absolute Gasteiger partial charge is 0.0701 e. The van der Waals surface area contributed by atoms with Crippen LogP contribution in [0.3, 0.4) is 0 Å². The highest BCUT2D eigenvalue weighted by atomic mass is 16.3. The van der Waals surface area contributed by atoms with Crippen molar-refractivity contribution < 1.29 is 5.11 Å². The summed E-state index contributed by atoms with van der Waals surface area (Å²) in [5.41, 5.74) is -0.109. The zero-order chi connectivity index (χ0) is 9.27. The molecule has 13 heavy (non-hydrogen) atoms. The van der Waals surface area contributed by atoms with Crippen molar-refractivity contribution in [1.29, 1.82) is 0 Å². The summed E-state index contributed by atoms with van der Waals surface area (Å²) in [6, 6.07) is 0. The fourth-order valence-electron chi connectivity index (χ4n) is 4.62. The van der Waals surface area contributed by atoms with Gasteiger partial charge in [0.1, 0.15) is 0 Å². The third-order valence-electron chi connectivity index (χ3n) is 5.40. The van der Waals surface area contributed by atoms with E-state index in [-0.39, 0.29) is 11.0 Å². The van der Waals surface area contributed by atoms with Crippen LogP contribution in [-0.4, -0.2) is 10.7 Å². The molecule has 74 valence electrons. The molecule has 0 amide bonds. The molecule has 0 aliphatic heterocycles. The molecule has 4 saturated carbocycles. The van der Waals surface area contributed by atoms with E-state index in [2.05, 4.69) is 13.8 Å². The molecule has 3 atom stereocenters. The predicted octanol–water partition coefficient (Wildman–Crippen LogP) is 2.58. The minimum absolute atomic E-state index is 0.252. The van der Waals surface area contributed by atoms with E-state index in [1.54, 1.807) is 0 Å². The van der Waals surface area contributed by atoms with Crippen LogP contribution in [0.4, 0.5) is 0 Å². The molecule has 0 spiro atoms. The van der Waals surface area contributed by atoms with E-state index in [9.17, 15) is 5.11 Å². The van der Waals surface area contributed by atoms with Gasteiger partial charge in [0.05, 0.1) is 5.60 Å². The second-order valence-corrected chi connectivity index (χ2v) is 6.25. The van der Waals surface area contributed by atoms with Crippen LogP contribution in [0.2, 0.25) is 0 Å². The molecule has 3 unspecified atom stereocenters. The van der Waals surface area contributed by atoms with Crippen molar-refractivity contribution in [3.05, 3.63) is 0 Å². The van der Waals surface area contributed by atoms with Gasteiger partial charge in [-0.25, -0.2) is 0 Å². The van der Waals surface area contributed by atoms with Crippen LogP contribution in [0, 0.1) is 23.2 Å². The van der Waals surface area contributed by atoms with E-state index in [0.29, 0.717) is 5.92 Å². The van der Waals surface area contributed by atoms with Crippen LogP contribution in [0.5, 0.6) is 0 Å². The van der Waals surface area contributed by atoms with Crippen LogP contribution >= 0.6 is 0 Å². The first-order valence-corrected chi connectivity index (χ1v) is 5.74. The summed E-state index contributed by atoms with van der Waals surface area (Å²) in [5.74, 6) is 2.51. The molecule has 4 aliphatic carbocycles. The summed E-state index contributed by atoms with van der Waals surface area (Å²) >= 11 is 0. The Labute approximate surface area is 80.5 Å². The Bertz CT molecular complexity index is 230. The quantitative estimate of drug-likeness (QED) is 0.607. The van der Waals surface area contributed by atoms with Gasteiger partial charge in [0, 0.05) is 0 Å². The van der Waals surface area contributed by atoms with Gasteiger partial charge in [0.15, 0.2) is 0 Å². The second-order valence-electron chi connectivity index (χ2n) is 6.25. The first-order valence-electron chi connectivity index (χ1n) is 5.74. The van der Waals surface area contributed by atoms with Crippen molar-refractivity contribution in [3.8, 4) is 0 Å². The number of hydrogen-bond acceptors (Lipinski definition) is 1. The summed E-state index contributed by atoms with van der Waals surface area (Å²) < 4.78 is 0. The lowest BCUT2D eigenvalue weighted by Crippen LogP contribution is -2.61. The van der Waals surface area contributed by atoms with Gasteiger partial charge < -0.3 is 5.11 Å². The summed E-state index contributed by atoms with van der Waals surface area (Å²) in [4.78, 5) is 0. The molecule has 1 heteroatoms. The first-order chi connectivity index (χ1) is 6.01. The highest BCUT2D eigenvalue weighted by Gasteiger charge is 2.60. The lowest BCUT2D eigenvalue weighted by atomic mass is 9.44. The zero-order valence-corrected chi connectivity index (χ0v) is 8.71. The standard InChI is InChI=1S/C12H20O/c1-11-6-8-3-9(7-11)5-10(4-8)12(11,2)13/h8-10,13H,3-7H2,1-2H3. The fraction of sp³-hybridized carbons (Fsp3) is 1.00. The van der Waals surface area contributed by atoms with Gasteiger partial charge in [0.25, 0.3) is 0 Å². The highest BCUT2D eigenvalue weighted by molar-refractivity contribution is 5.10. The van der Waals surface area contributed by atoms with Crippen LogP contribution in [-0.2, 0) is 0 Å². The van der Waals surface area contributed by atoms with Crippen molar-refractivity contribution in [2.45, 2.75) is 51.6 Å². The van der Waals surface area contributed by atoms with Crippen molar-refractivity contribution in [3.63, 3.8) is 0 Å². The summed E-state index contributed by atoms with van der Waals surface area (Å²) in [6.07, 6.45) is 6.64. The molecule has 0 heterocycles. The maximum Gasteiger partial charge on any atom is 0.0701 e. The van der Waals surface area contributed by atoms with E-state index in [4.69, 9.17) is 0 Å². The van der Waals surface area contributed by atoms with Crippen LogP contribution in [0.25, 0.3) is 0 Å². The molecule has 4 aliphatic rings. The molecule has 0 aromatic carbocycles. The van der Waals surface area contributed by atoms with Gasteiger partial charge in [0.2, 0.25) is 0 Å². The summed E-state index contributed by atoms with van der Waals surface area (Å²) in [5, 5.41) is 10.6. The van der Waals surface area contributed by atoms with E-state index >= 15 is 0 Å². The lowest BCUT2D eigenvalue weighted by molar-refractivity contribution is -0.211. The Morgan fingerprint density at radius 3 is 2.00 bits per heavy atom. The number of rotatable bonds is 0. The lowest BCUT2D eigenvalue weighted by Gasteiger charge is -2.63. The maximum atomic E-state index is 10.6. The summed E-state index contributed by atoms with van der Waals surface area (Å²) in [6.45, 7) is 4.41. The molecule has 0 saturated heterocycles. The van der Waals surface area contributed by atoms with Crippen LogP contribution in [0.15, 0.2) is 0 Å². The van der Waals surface area contributed by atoms with Gasteiger partial charge in [-0.1, -0.05) is 6.92 Å². The van der Waals surface area contributed by atoms with Crippen LogP contribution in [0.1, 0.15) is 46.0 Å². The third kappa shape index (κ3) is 0.869. The minimum atomic E-state index is -0.361. The van der Waals surface area contributed by atoms with Crippen molar-refractivity contribution in [1.82, 2.24) is 0 Å². The Morgan fingerprint density at radius 2 is 1.54 bits per heavy atom. The molecular formula is C12H20O. The van der Waals surface area contributed by atoms with Gasteiger partial charge in [-0.3, -0.25) is 0 Å². The van der Waals surface area contributed by atoms with Crippen molar-refractivity contribution in [2.24, 2.45) is 23.2 Å². The van der Waals surface area contributed by atoms with Gasteiger partial charge in [-0.05, 0) is 62.2 Å². The first kappa shape index (κ1) is 8.28. The van der Waals surface area contributed by atoms with Crippen LogP contribution < -0.4 is 0 Å². The zero-order valence-electron chi connectivity index (χ0n) is 8.71. The van der Waals surface area contributed by atoms with E-state index in [1.807, 2.05) is 0 Å². The SMILES string of the molecule is CC12CC3CC(CC(C3)C1(C)O)C2. The topological polar surface area (TPSA) is 20.2 Å². The molecule has 0 aromatic rings. The Kier molecular flexibility index (Phi) is 1.36. The molecule has 0 radical (unpaired) electrons. The number of hydrogen-bond donors (Lipinski definition) is 1. The molecule has 4 bridgehead atoms. The molecule has 4 fully saturated rings. The molecule has 1 nitrogen and oxygen atoms in total. The average Bonchev–Trinajstić information content (AvgIpc) is 1.99. The molecule has 4 rings (SSSR count). The monoisotopic (exact) mass is 180 g/mol. The molecule has 0 aromatic heterocycles. The predicted molar refractivity (Wildman–Crippen MR) is 52.3 cm³/mol. The van der Waals surface area contributed by atoms with Gasteiger partial charge in [-0.15, -0.1) is 0 Å². The molecule has 1 N–H and O–H groups in total. The largest absolute Gasteiger partial charge is 0.389 e. The Balaban J connectivity index is 2.03. The van der Waals surface area contributed by atoms with E-state index < -0.39 is 0 Å². The Morgan fingerprint density at radius 1 is 1.00 bits per heavy atom. The average molecular weight is 180 g/mol. The Hall–Kier alpha value is -0.0400. The molecular weight excluding hydrogens is 160 g/mol. The fourth-order valence-corrected chi connectivity index (χ4v) is 4.62. The van der Waals surface area contributed by atoms with Crippen molar-refractivity contribution in [2.75, 3.05) is 0 Å². The maximum absolute atomic E-state index is 10.6.